The second-order valence-electron chi connectivity index (χ2n) is 2.23. The van der Waals surface area contributed by atoms with Crippen molar-refractivity contribution < 1.29 is 9.84 Å². The predicted octanol–water partition coefficient (Wildman–Crippen LogP) is 1.22. The molecule has 0 aromatic carbocycles. The zero-order valence-electron chi connectivity index (χ0n) is 5.80. The summed E-state index contributed by atoms with van der Waals surface area (Å²) in [6.07, 6.45) is -0.0170. The smallest absolute Gasteiger partial charge is 0.143 e. The molecule has 0 heterocycles. The normalized spacial score (nSPS) is 14.3. The van der Waals surface area contributed by atoms with E-state index >= 15 is 0 Å². The van der Waals surface area contributed by atoms with Crippen molar-refractivity contribution in [3.8, 4) is 0 Å². The lowest BCUT2D eigenvalue weighted by Crippen LogP contribution is -2.21. The van der Waals surface area contributed by atoms with E-state index in [9.17, 15) is 0 Å². The molecule has 1 N–H and O–H groups in total. The van der Waals surface area contributed by atoms with Crippen LogP contribution >= 0.6 is 11.6 Å². The third-order valence-corrected chi connectivity index (χ3v) is 1.49. The largest absolute Gasteiger partial charge is 0.371 e. The van der Waals surface area contributed by atoms with Gasteiger partial charge >= 0.3 is 0 Å². The molecule has 0 aromatic heterocycles. The van der Waals surface area contributed by atoms with E-state index in [4.69, 9.17) is 21.4 Å². The fraction of sp³-hybridized carbons (Fsp3) is 1.00. The van der Waals surface area contributed by atoms with E-state index in [2.05, 4.69) is 0 Å². The molecule has 9 heavy (non-hydrogen) atoms. The molecule has 0 aliphatic rings. The van der Waals surface area contributed by atoms with Gasteiger partial charge < -0.3 is 9.84 Å². The number of aliphatic hydroxyl groups is 1. The van der Waals surface area contributed by atoms with Gasteiger partial charge in [0.2, 0.25) is 0 Å². The van der Waals surface area contributed by atoms with Crippen LogP contribution in [0.15, 0.2) is 0 Å². The molecule has 0 rings (SSSR count). The number of halogens is 1. The fourth-order valence-electron chi connectivity index (χ4n) is 0.511. The van der Waals surface area contributed by atoms with Gasteiger partial charge in [-0.25, -0.2) is 0 Å². The summed E-state index contributed by atoms with van der Waals surface area (Å²) in [4.78, 5) is 0. The maximum Gasteiger partial charge on any atom is 0.143 e. The van der Waals surface area contributed by atoms with Crippen LogP contribution in [0, 0.1) is 5.92 Å². The summed E-state index contributed by atoms with van der Waals surface area (Å²) in [6, 6.07) is 0. The monoisotopic (exact) mass is 152 g/mol. The average molecular weight is 153 g/mol. The van der Waals surface area contributed by atoms with E-state index in [1.807, 2.05) is 13.8 Å². The lowest BCUT2D eigenvalue weighted by Gasteiger charge is -2.16. The molecule has 1 unspecified atom stereocenters. The van der Waals surface area contributed by atoms with Gasteiger partial charge in [-0.15, -0.1) is 11.6 Å². The Kier molecular flexibility index (Phi) is 5.15. The third kappa shape index (κ3) is 3.73. The van der Waals surface area contributed by atoms with Crippen LogP contribution in [0.3, 0.4) is 0 Å². The van der Waals surface area contributed by atoms with Gasteiger partial charge in [0.05, 0.1) is 6.10 Å². The van der Waals surface area contributed by atoms with Gasteiger partial charge in [-0.05, 0) is 5.92 Å². The Balaban J connectivity index is 3.41. The molecular formula is C6H13ClO2. The maximum atomic E-state index is 8.34. The Morgan fingerprint density at radius 3 is 2.22 bits per heavy atom. The molecule has 1 atom stereocenters. The van der Waals surface area contributed by atoms with Crippen molar-refractivity contribution in [3.63, 3.8) is 0 Å². The van der Waals surface area contributed by atoms with Gasteiger partial charge in [0.25, 0.3) is 0 Å². The highest BCUT2D eigenvalue weighted by atomic mass is 35.5. The second kappa shape index (κ2) is 5.03. The number of hydrogen-bond donors (Lipinski definition) is 1. The van der Waals surface area contributed by atoms with E-state index < -0.39 is 0 Å². The van der Waals surface area contributed by atoms with Crippen LogP contribution in [-0.4, -0.2) is 23.9 Å². The van der Waals surface area contributed by atoms with Gasteiger partial charge in [0.15, 0.2) is 0 Å². The molecule has 0 aliphatic carbocycles. The number of ether oxygens (including phenoxy) is 1. The molecule has 0 amide bonds. The molecular weight excluding hydrogens is 140 g/mol. The highest BCUT2D eigenvalue weighted by molar-refractivity contribution is 6.18. The molecule has 56 valence electrons. The Labute approximate surface area is 60.8 Å². The Bertz CT molecular complexity index is 66.1. The molecule has 0 fully saturated rings. The number of rotatable bonds is 4. The van der Waals surface area contributed by atoms with E-state index in [-0.39, 0.29) is 12.9 Å². The first-order valence-corrected chi connectivity index (χ1v) is 3.54. The van der Waals surface area contributed by atoms with E-state index in [1.54, 1.807) is 0 Å². The molecule has 0 saturated heterocycles. The molecule has 0 aromatic rings. The first-order valence-electron chi connectivity index (χ1n) is 3.00. The SMILES string of the molecule is CC(C)C(CCl)OCO. The van der Waals surface area contributed by atoms with Crippen LogP contribution in [-0.2, 0) is 4.74 Å². The molecule has 3 heteroatoms. The molecule has 0 aliphatic heterocycles. The van der Waals surface area contributed by atoms with Gasteiger partial charge in [-0.3, -0.25) is 0 Å². The van der Waals surface area contributed by atoms with Crippen molar-refractivity contribution in [1.29, 1.82) is 0 Å². The first-order chi connectivity index (χ1) is 4.22. The van der Waals surface area contributed by atoms with Crippen molar-refractivity contribution in [3.05, 3.63) is 0 Å². The molecule has 0 bridgehead atoms. The fourth-order valence-corrected chi connectivity index (χ4v) is 0.956. The van der Waals surface area contributed by atoms with Crippen molar-refractivity contribution in [2.75, 3.05) is 12.7 Å². The topological polar surface area (TPSA) is 29.5 Å². The Hall–Kier alpha value is 0.210. The van der Waals surface area contributed by atoms with Gasteiger partial charge in [0, 0.05) is 5.88 Å². The lowest BCUT2D eigenvalue weighted by atomic mass is 10.1. The first kappa shape index (κ1) is 9.21. The van der Waals surface area contributed by atoms with Crippen LogP contribution in [0.4, 0.5) is 0 Å². The summed E-state index contributed by atoms with van der Waals surface area (Å²) in [7, 11) is 0. The van der Waals surface area contributed by atoms with E-state index in [0.29, 0.717) is 11.8 Å². The summed E-state index contributed by atoms with van der Waals surface area (Å²) in [6.45, 7) is 3.76. The van der Waals surface area contributed by atoms with Crippen LogP contribution in [0.1, 0.15) is 13.8 Å². The van der Waals surface area contributed by atoms with Crippen molar-refractivity contribution in [2.24, 2.45) is 5.92 Å². The summed E-state index contributed by atoms with van der Waals surface area (Å²) in [5, 5.41) is 8.34. The predicted molar refractivity (Wildman–Crippen MR) is 37.5 cm³/mol. The number of aliphatic hydroxyl groups excluding tert-OH is 1. The van der Waals surface area contributed by atoms with Crippen molar-refractivity contribution in [1.82, 2.24) is 0 Å². The molecule has 2 nitrogen and oxygen atoms in total. The Morgan fingerprint density at radius 1 is 1.56 bits per heavy atom. The zero-order chi connectivity index (χ0) is 7.28. The summed E-state index contributed by atoms with van der Waals surface area (Å²) in [5.74, 6) is 0.813. The van der Waals surface area contributed by atoms with E-state index in [0.717, 1.165) is 0 Å². The Morgan fingerprint density at radius 2 is 2.11 bits per heavy atom. The van der Waals surface area contributed by atoms with Gasteiger partial charge in [-0.2, -0.15) is 0 Å². The van der Waals surface area contributed by atoms with Crippen LogP contribution in [0.2, 0.25) is 0 Å². The zero-order valence-corrected chi connectivity index (χ0v) is 6.56. The average Bonchev–Trinajstić information content (AvgIpc) is 1.82. The number of alkyl halides is 1. The quantitative estimate of drug-likeness (QED) is 0.485. The minimum Gasteiger partial charge on any atom is -0.371 e. The molecule has 0 radical (unpaired) electrons. The molecule has 0 saturated carbocycles. The van der Waals surface area contributed by atoms with Crippen LogP contribution in [0.5, 0.6) is 0 Å². The lowest BCUT2D eigenvalue weighted by molar-refractivity contribution is -0.0575. The standard InChI is InChI=1S/C6H13ClO2/c1-5(2)6(3-7)9-4-8/h5-6,8H,3-4H2,1-2H3. The minimum absolute atomic E-state index is 0.0170. The number of hydrogen-bond acceptors (Lipinski definition) is 2. The van der Waals surface area contributed by atoms with E-state index in [1.165, 1.54) is 0 Å². The van der Waals surface area contributed by atoms with Crippen molar-refractivity contribution >= 4 is 11.6 Å². The van der Waals surface area contributed by atoms with Crippen LogP contribution in [0.25, 0.3) is 0 Å². The minimum atomic E-state index is -0.241. The summed E-state index contributed by atoms with van der Waals surface area (Å²) in [5.41, 5.74) is 0. The summed E-state index contributed by atoms with van der Waals surface area (Å²) >= 11 is 5.51. The highest BCUT2D eigenvalue weighted by Crippen LogP contribution is 2.07. The van der Waals surface area contributed by atoms with Gasteiger partial charge in [-0.1, -0.05) is 13.8 Å². The molecule has 0 spiro atoms. The third-order valence-electron chi connectivity index (χ3n) is 1.18. The highest BCUT2D eigenvalue weighted by Gasteiger charge is 2.10. The van der Waals surface area contributed by atoms with Crippen molar-refractivity contribution in [2.45, 2.75) is 20.0 Å². The maximum absolute atomic E-state index is 8.34. The van der Waals surface area contributed by atoms with Crippen LogP contribution < -0.4 is 0 Å². The van der Waals surface area contributed by atoms with Gasteiger partial charge in [0.1, 0.15) is 6.79 Å². The second-order valence-corrected chi connectivity index (χ2v) is 2.54. The summed E-state index contributed by atoms with van der Waals surface area (Å²) < 4.78 is 4.88.